The van der Waals surface area contributed by atoms with E-state index in [9.17, 15) is 10.1 Å². The Morgan fingerprint density at radius 1 is 1.39 bits per heavy atom. The molecule has 2 rings (SSSR count). The molecule has 0 fully saturated rings. The second-order valence-electron chi connectivity index (χ2n) is 3.35. The minimum Gasteiger partial charge on any atom is -0.378 e. The minimum absolute atomic E-state index is 0.0607. The number of nitro groups is 1. The first-order valence-electron chi connectivity index (χ1n) is 4.85. The standard InChI is InChI=1S/C10H8BrN5O2/c11-6-2-1-3-7(4-6)15-10-8(16(17)18)9(12)13-5-14-10/h1-5H,(H3,12,13,14,15). The first-order chi connectivity index (χ1) is 8.58. The second-order valence-corrected chi connectivity index (χ2v) is 4.26. The van der Waals surface area contributed by atoms with E-state index in [1.807, 2.05) is 6.07 Å². The smallest absolute Gasteiger partial charge is 0.353 e. The summed E-state index contributed by atoms with van der Waals surface area (Å²) in [5, 5.41) is 13.7. The molecule has 0 atom stereocenters. The summed E-state index contributed by atoms with van der Waals surface area (Å²) in [6.07, 6.45) is 1.17. The number of rotatable bonds is 3. The van der Waals surface area contributed by atoms with Crippen LogP contribution in [0.3, 0.4) is 0 Å². The molecule has 7 nitrogen and oxygen atoms in total. The molecule has 0 saturated heterocycles. The topological polar surface area (TPSA) is 107 Å². The van der Waals surface area contributed by atoms with Crippen molar-refractivity contribution in [3.05, 3.63) is 45.2 Å². The van der Waals surface area contributed by atoms with E-state index in [1.165, 1.54) is 6.33 Å². The molecule has 8 heteroatoms. The highest BCUT2D eigenvalue weighted by molar-refractivity contribution is 9.10. The van der Waals surface area contributed by atoms with Gasteiger partial charge in [-0.2, -0.15) is 0 Å². The number of halogens is 1. The Hall–Kier alpha value is -2.22. The third-order valence-corrected chi connectivity index (χ3v) is 2.61. The van der Waals surface area contributed by atoms with Crippen molar-refractivity contribution in [1.29, 1.82) is 0 Å². The van der Waals surface area contributed by atoms with E-state index in [0.29, 0.717) is 5.69 Å². The highest BCUT2D eigenvalue weighted by atomic mass is 79.9. The van der Waals surface area contributed by atoms with Gasteiger partial charge < -0.3 is 11.1 Å². The van der Waals surface area contributed by atoms with Gasteiger partial charge in [-0.05, 0) is 18.2 Å². The first kappa shape index (κ1) is 12.2. The van der Waals surface area contributed by atoms with Crippen molar-refractivity contribution in [2.75, 3.05) is 11.1 Å². The van der Waals surface area contributed by atoms with Crippen LogP contribution >= 0.6 is 15.9 Å². The highest BCUT2D eigenvalue weighted by Gasteiger charge is 2.20. The Morgan fingerprint density at radius 3 is 2.83 bits per heavy atom. The SMILES string of the molecule is Nc1ncnc(Nc2cccc(Br)c2)c1[N+](=O)[O-]. The van der Waals surface area contributed by atoms with Crippen molar-refractivity contribution < 1.29 is 4.92 Å². The third-order valence-electron chi connectivity index (χ3n) is 2.12. The summed E-state index contributed by atoms with van der Waals surface area (Å²) in [6.45, 7) is 0. The number of nitrogens with zero attached hydrogens (tertiary/aromatic N) is 3. The number of hydrogen-bond acceptors (Lipinski definition) is 6. The predicted molar refractivity (Wildman–Crippen MR) is 70.5 cm³/mol. The van der Waals surface area contributed by atoms with E-state index < -0.39 is 4.92 Å². The van der Waals surface area contributed by atoms with Crippen molar-refractivity contribution in [1.82, 2.24) is 9.97 Å². The number of nitrogen functional groups attached to an aromatic ring is 1. The van der Waals surface area contributed by atoms with Crippen LogP contribution in [0.4, 0.5) is 23.0 Å². The van der Waals surface area contributed by atoms with Crippen molar-refractivity contribution in [2.24, 2.45) is 0 Å². The van der Waals surface area contributed by atoms with E-state index in [-0.39, 0.29) is 17.3 Å². The van der Waals surface area contributed by atoms with Crippen LogP contribution in [-0.4, -0.2) is 14.9 Å². The number of nitrogens with two attached hydrogens (primary N) is 1. The molecular formula is C10H8BrN5O2. The number of hydrogen-bond donors (Lipinski definition) is 2. The molecule has 0 spiro atoms. The quantitative estimate of drug-likeness (QED) is 0.666. The van der Waals surface area contributed by atoms with Crippen molar-refractivity contribution in [2.45, 2.75) is 0 Å². The lowest BCUT2D eigenvalue weighted by Gasteiger charge is -2.06. The van der Waals surface area contributed by atoms with Gasteiger partial charge in [0.15, 0.2) is 0 Å². The van der Waals surface area contributed by atoms with Crippen molar-refractivity contribution in [3.8, 4) is 0 Å². The maximum atomic E-state index is 10.9. The average molecular weight is 310 g/mol. The Morgan fingerprint density at radius 2 is 2.17 bits per heavy atom. The van der Waals surface area contributed by atoms with E-state index in [1.54, 1.807) is 18.2 Å². The molecule has 1 heterocycles. The molecule has 92 valence electrons. The molecule has 0 amide bonds. The zero-order chi connectivity index (χ0) is 13.1. The Balaban J connectivity index is 2.40. The molecule has 0 saturated carbocycles. The molecule has 0 aliphatic heterocycles. The maximum Gasteiger partial charge on any atom is 0.353 e. The summed E-state index contributed by atoms with van der Waals surface area (Å²) >= 11 is 3.31. The van der Waals surface area contributed by atoms with Gasteiger partial charge in [0.2, 0.25) is 11.6 Å². The molecule has 0 aliphatic carbocycles. The van der Waals surface area contributed by atoms with Crippen molar-refractivity contribution in [3.63, 3.8) is 0 Å². The van der Waals surface area contributed by atoms with Gasteiger partial charge in [0.1, 0.15) is 6.33 Å². The van der Waals surface area contributed by atoms with Gasteiger partial charge >= 0.3 is 5.69 Å². The molecule has 0 aliphatic rings. The van der Waals surface area contributed by atoms with Gasteiger partial charge in [0.25, 0.3) is 0 Å². The largest absolute Gasteiger partial charge is 0.378 e. The molecule has 3 N–H and O–H groups in total. The van der Waals surface area contributed by atoms with Crippen molar-refractivity contribution >= 4 is 38.9 Å². The van der Waals surface area contributed by atoms with E-state index in [2.05, 4.69) is 31.2 Å². The van der Waals surface area contributed by atoms with E-state index >= 15 is 0 Å². The molecular weight excluding hydrogens is 302 g/mol. The summed E-state index contributed by atoms with van der Waals surface area (Å²) in [5.74, 6) is -0.113. The zero-order valence-electron chi connectivity index (χ0n) is 9.00. The first-order valence-corrected chi connectivity index (χ1v) is 5.64. The minimum atomic E-state index is -0.615. The van der Waals surface area contributed by atoms with Gasteiger partial charge in [-0.25, -0.2) is 9.97 Å². The van der Waals surface area contributed by atoms with Crippen LogP contribution in [0.25, 0.3) is 0 Å². The molecule has 0 radical (unpaired) electrons. The fourth-order valence-corrected chi connectivity index (χ4v) is 1.77. The van der Waals surface area contributed by atoms with Gasteiger partial charge in [-0.15, -0.1) is 0 Å². The third kappa shape index (κ3) is 2.54. The number of anilines is 3. The molecule has 0 bridgehead atoms. The molecule has 18 heavy (non-hydrogen) atoms. The highest BCUT2D eigenvalue weighted by Crippen LogP contribution is 2.29. The van der Waals surface area contributed by atoms with Gasteiger partial charge in [-0.3, -0.25) is 10.1 Å². The van der Waals surface area contributed by atoms with Gasteiger partial charge in [0, 0.05) is 10.2 Å². The lowest BCUT2D eigenvalue weighted by molar-refractivity contribution is -0.383. The Bertz CT molecular complexity index is 605. The van der Waals surface area contributed by atoms with Gasteiger partial charge in [0.05, 0.1) is 4.92 Å². The monoisotopic (exact) mass is 309 g/mol. The molecule has 1 aromatic carbocycles. The van der Waals surface area contributed by atoms with Crippen LogP contribution in [0, 0.1) is 10.1 Å². The van der Waals surface area contributed by atoms with Crippen LogP contribution in [-0.2, 0) is 0 Å². The van der Waals surface area contributed by atoms with E-state index in [0.717, 1.165) is 4.47 Å². The fraction of sp³-hybridized carbons (Fsp3) is 0. The Kier molecular flexibility index (Phi) is 3.38. The molecule has 1 aromatic heterocycles. The predicted octanol–water partition coefficient (Wildman–Crippen LogP) is 2.47. The number of benzene rings is 1. The van der Waals surface area contributed by atoms with Crippen LogP contribution < -0.4 is 11.1 Å². The molecule has 2 aromatic rings. The normalized spacial score (nSPS) is 10.1. The summed E-state index contributed by atoms with van der Waals surface area (Å²) in [4.78, 5) is 17.7. The van der Waals surface area contributed by atoms with Crippen LogP contribution in [0.1, 0.15) is 0 Å². The zero-order valence-corrected chi connectivity index (χ0v) is 10.6. The summed E-state index contributed by atoms with van der Waals surface area (Å²) in [7, 11) is 0. The fourth-order valence-electron chi connectivity index (χ4n) is 1.37. The number of aromatic nitrogens is 2. The lowest BCUT2D eigenvalue weighted by atomic mass is 10.3. The second kappa shape index (κ2) is 4.96. The number of nitrogens with one attached hydrogen (secondary N) is 1. The summed E-state index contributed by atoms with van der Waals surface area (Å²) in [5.41, 5.74) is 5.79. The average Bonchev–Trinajstić information content (AvgIpc) is 2.28. The molecule has 0 unspecified atom stereocenters. The summed E-state index contributed by atoms with van der Waals surface area (Å²) < 4.78 is 0.845. The van der Waals surface area contributed by atoms with E-state index in [4.69, 9.17) is 5.73 Å². The Labute approximate surface area is 110 Å². The summed E-state index contributed by atoms with van der Waals surface area (Å²) in [6, 6.07) is 7.16. The maximum absolute atomic E-state index is 10.9. The van der Waals surface area contributed by atoms with Crippen LogP contribution in [0.5, 0.6) is 0 Å². The van der Waals surface area contributed by atoms with Crippen LogP contribution in [0.2, 0.25) is 0 Å². The van der Waals surface area contributed by atoms with Crippen LogP contribution in [0.15, 0.2) is 35.1 Å². The van der Waals surface area contributed by atoms with Gasteiger partial charge in [-0.1, -0.05) is 22.0 Å². The lowest BCUT2D eigenvalue weighted by Crippen LogP contribution is -2.04.